The van der Waals surface area contributed by atoms with Crippen molar-refractivity contribution in [3.8, 4) is 0 Å². The molecule has 0 aromatic rings. The molecule has 0 radical (unpaired) electrons. The van der Waals surface area contributed by atoms with E-state index in [2.05, 4.69) is 4.18 Å². The number of methoxy groups -OCH3 is 1. The number of hydrogen-bond donors (Lipinski definition) is 5. The summed E-state index contributed by atoms with van der Waals surface area (Å²) in [7, 11) is -8.44. The average molecular weight is 353 g/mol. The highest BCUT2D eigenvalue weighted by Gasteiger charge is 2.46. The van der Waals surface area contributed by atoms with E-state index in [1.807, 2.05) is 0 Å². The molecule has 0 saturated carbocycles. The molecular weight excluding hydrogens is 338 g/mol. The first-order valence-electron chi connectivity index (χ1n) is 5.35. The van der Waals surface area contributed by atoms with Crippen LogP contribution in [0.3, 0.4) is 0 Å². The van der Waals surface area contributed by atoms with E-state index in [1.54, 1.807) is 4.72 Å². The molecule has 5 atom stereocenters. The van der Waals surface area contributed by atoms with Gasteiger partial charge in [-0.3, -0.25) is 9.11 Å². The summed E-state index contributed by atoms with van der Waals surface area (Å²) in [5.41, 5.74) is 0. The molecule has 1 aliphatic rings. The van der Waals surface area contributed by atoms with Crippen molar-refractivity contribution >= 4 is 20.7 Å². The molecule has 1 rings (SSSR count). The molecular formula is C7H15NO11S2. The lowest BCUT2D eigenvalue weighted by Gasteiger charge is -2.41. The zero-order chi connectivity index (χ0) is 16.4. The van der Waals surface area contributed by atoms with Crippen LogP contribution in [0.1, 0.15) is 0 Å². The van der Waals surface area contributed by atoms with Crippen molar-refractivity contribution in [1.29, 1.82) is 0 Å². The molecule has 1 heterocycles. The molecule has 0 amide bonds. The lowest BCUT2D eigenvalue weighted by molar-refractivity contribution is -0.259. The Morgan fingerprint density at radius 3 is 2.14 bits per heavy atom. The Morgan fingerprint density at radius 2 is 1.71 bits per heavy atom. The topological polar surface area (TPSA) is 189 Å². The molecule has 5 N–H and O–H groups in total. The normalized spacial score (nSPS) is 34.8. The van der Waals surface area contributed by atoms with Gasteiger partial charge in [0.05, 0.1) is 6.61 Å². The van der Waals surface area contributed by atoms with Gasteiger partial charge in [-0.1, -0.05) is 0 Å². The number of nitrogens with one attached hydrogen (secondary N) is 1. The van der Waals surface area contributed by atoms with E-state index < -0.39 is 58.0 Å². The molecule has 126 valence electrons. The SMILES string of the molecule is CO[C@@H]1OC(COS(=O)(=O)O)[C@@H](O)[C@@H](O)C1NS(=O)(=O)O. The molecule has 0 aliphatic carbocycles. The van der Waals surface area contributed by atoms with Crippen LogP contribution in [-0.4, -0.2) is 80.5 Å². The fraction of sp³-hybridized carbons (Fsp3) is 1.00. The molecule has 0 aromatic carbocycles. The van der Waals surface area contributed by atoms with Gasteiger partial charge >= 0.3 is 20.7 Å². The molecule has 12 nitrogen and oxygen atoms in total. The van der Waals surface area contributed by atoms with Crippen molar-refractivity contribution in [3.05, 3.63) is 0 Å². The number of rotatable bonds is 6. The van der Waals surface area contributed by atoms with Crippen molar-refractivity contribution in [2.45, 2.75) is 30.6 Å². The standard InChI is InChI=1S/C7H15NO11S2/c1-17-7-4(8-20(11,12)13)6(10)5(9)3(19-7)2-18-21(14,15)16/h3-10H,2H2,1H3,(H,11,12,13)(H,14,15,16)/t3?,4?,5-,6+,7-/m1/s1. The minimum absolute atomic E-state index is 0.852. The Kier molecular flexibility index (Phi) is 6.01. The molecule has 1 fully saturated rings. The summed E-state index contributed by atoms with van der Waals surface area (Å²) in [4.78, 5) is 0. The third kappa shape index (κ3) is 5.70. The highest BCUT2D eigenvalue weighted by molar-refractivity contribution is 7.83. The van der Waals surface area contributed by atoms with Gasteiger partial charge in [0.1, 0.15) is 24.4 Å². The van der Waals surface area contributed by atoms with Gasteiger partial charge in [0.25, 0.3) is 0 Å². The zero-order valence-corrected chi connectivity index (χ0v) is 12.2. The second-order valence-corrected chi connectivity index (χ2v) is 6.37. The highest BCUT2D eigenvalue weighted by Crippen LogP contribution is 2.22. The smallest absolute Gasteiger partial charge is 0.388 e. The summed E-state index contributed by atoms with van der Waals surface area (Å²) >= 11 is 0. The first-order valence-corrected chi connectivity index (χ1v) is 8.16. The predicted molar refractivity (Wildman–Crippen MR) is 63.7 cm³/mol. The van der Waals surface area contributed by atoms with E-state index in [1.165, 1.54) is 0 Å². The number of hydrogen-bond acceptors (Lipinski definition) is 9. The molecule has 14 heteroatoms. The van der Waals surface area contributed by atoms with Gasteiger partial charge in [0, 0.05) is 7.11 Å². The lowest BCUT2D eigenvalue weighted by Crippen LogP contribution is -2.64. The van der Waals surface area contributed by atoms with E-state index in [-0.39, 0.29) is 0 Å². The van der Waals surface area contributed by atoms with Crippen LogP contribution < -0.4 is 4.72 Å². The van der Waals surface area contributed by atoms with Crippen molar-refractivity contribution in [1.82, 2.24) is 4.72 Å². The van der Waals surface area contributed by atoms with Crippen LogP contribution in [0.25, 0.3) is 0 Å². The van der Waals surface area contributed by atoms with Gasteiger partial charge in [-0.05, 0) is 0 Å². The van der Waals surface area contributed by atoms with Gasteiger partial charge in [-0.25, -0.2) is 4.18 Å². The summed E-state index contributed by atoms with van der Waals surface area (Å²) in [6.07, 6.45) is -6.48. The minimum atomic E-state index is -4.80. The van der Waals surface area contributed by atoms with Gasteiger partial charge < -0.3 is 19.7 Å². The Bertz CT molecular complexity index is 541. The molecule has 1 aliphatic heterocycles. The monoisotopic (exact) mass is 353 g/mol. The van der Waals surface area contributed by atoms with Crippen LogP contribution in [0.15, 0.2) is 0 Å². The van der Waals surface area contributed by atoms with Gasteiger partial charge in [-0.15, -0.1) is 0 Å². The first kappa shape index (κ1) is 18.6. The summed E-state index contributed by atoms with van der Waals surface area (Å²) in [5, 5.41) is 19.5. The second-order valence-electron chi connectivity index (χ2n) is 4.09. The van der Waals surface area contributed by atoms with Crippen LogP contribution in [0.2, 0.25) is 0 Å². The Hall–Kier alpha value is -0.420. The average Bonchev–Trinajstić information content (AvgIpc) is 2.31. The number of aliphatic hydroxyl groups excluding tert-OH is 2. The van der Waals surface area contributed by atoms with Crippen LogP contribution >= 0.6 is 0 Å². The van der Waals surface area contributed by atoms with Crippen LogP contribution in [0, 0.1) is 0 Å². The van der Waals surface area contributed by atoms with Crippen molar-refractivity contribution < 1.29 is 49.8 Å². The summed E-state index contributed by atoms with van der Waals surface area (Å²) in [6.45, 7) is -0.852. The quantitative estimate of drug-likeness (QED) is 0.300. The van der Waals surface area contributed by atoms with Crippen LogP contribution in [0.4, 0.5) is 0 Å². The lowest BCUT2D eigenvalue weighted by atomic mass is 9.98. The fourth-order valence-electron chi connectivity index (χ4n) is 1.72. The first-order chi connectivity index (χ1) is 9.44. The summed E-state index contributed by atoms with van der Waals surface area (Å²) < 4.78 is 74.8. The van der Waals surface area contributed by atoms with E-state index in [4.69, 9.17) is 18.6 Å². The number of ether oxygens (including phenoxy) is 2. The van der Waals surface area contributed by atoms with Crippen molar-refractivity contribution in [3.63, 3.8) is 0 Å². The van der Waals surface area contributed by atoms with Gasteiger partial charge in [0.15, 0.2) is 6.29 Å². The summed E-state index contributed by atoms with van der Waals surface area (Å²) in [5.74, 6) is 0. The Balaban J connectivity index is 2.84. The number of aliphatic hydroxyl groups is 2. The molecule has 21 heavy (non-hydrogen) atoms. The van der Waals surface area contributed by atoms with Gasteiger partial charge in [0.2, 0.25) is 0 Å². The van der Waals surface area contributed by atoms with Crippen molar-refractivity contribution in [2.75, 3.05) is 13.7 Å². The molecule has 1 saturated heterocycles. The largest absolute Gasteiger partial charge is 0.397 e. The van der Waals surface area contributed by atoms with E-state index in [0.717, 1.165) is 7.11 Å². The second kappa shape index (κ2) is 6.78. The molecule has 0 spiro atoms. The maximum Gasteiger partial charge on any atom is 0.397 e. The Labute approximate surface area is 120 Å². The van der Waals surface area contributed by atoms with Gasteiger partial charge in [-0.2, -0.15) is 21.6 Å². The maximum atomic E-state index is 10.8. The predicted octanol–water partition coefficient (Wildman–Crippen LogP) is -3.34. The van der Waals surface area contributed by atoms with Crippen LogP contribution in [0.5, 0.6) is 0 Å². The third-order valence-corrected chi connectivity index (χ3v) is 3.60. The van der Waals surface area contributed by atoms with E-state index >= 15 is 0 Å². The van der Waals surface area contributed by atoms with Crippen molar-refractivity contribution in [2.24, 2.45) is 0 Å². The minimum Gasteiger partial charge on any atom is -0.388 e. The molecule has 0 aromatic heterocycles. The third-order valence-electron chi connectivity index (χ3n) is 2.60. The van der Waals surface area contributed by atoms with Crippen LogP contribution in [-0.2, 0) is 34.4 Å². The molecule has 0 bridgehead atoms. The maximum absolute atomic E-state index is 10.8. The zero-order valence-electron chi connectivity index (χ0n) is 10.6. The fourth-order valence-corrected chi connectivity index (χ4v) is 2.62. The Morgan fingerprint density at radius 1 is 1.14 bits per heavy atom. The summed E-state index contributed by atoms with van der Waals surface area (Å²) in [6, 6.07) is -1.55. The molecule has 2 unspecified atom stereocenters. The highest BCUT2D eigenvalue weighted by atomic mass is 32.3. The van der Waals surface area contributed by atoms with E-state index in [0.29, 0.717) is 0 Å². The van der Waals surface area contributed by atoms with E-state index in [9.17, 15) is 27.0 Å².